The number of amides is 1. The van der Waals surface area contributed by atoms with Crippen LogP contribution in [0.2, 0.25) is 0 Å². The number of hydrogen-bond acceptors (Lipinski definition) is 5. The van der Waals surface area contributed by atoms with Crippen molar-refractivity contribution in [3.8, 4) is 5.75 Å². The first kappa shape index (κ1) is 20.8. The Morgan fingerprint density at radius 2 is 1.76 bits per heavy atom. The van der Waals surface area contributed by atoms with E-state index in [0.29, 0.717) is 5.75 Å². The molecule has 0 saturated carbocycles. The molecule has 0 aromatic heterocycles. The van der Waals surface area contributed by atoms with Gasteiger partial charge in [-0.1, -0.05) is 12.1 Å². The van der Waals surface area contributed by atoms with Gasteiger partial charge in [0.15, 0.2) is 0 Å². The van der Waals surface area contributed by atoms with Crippen molar-refractivity contribution in [2.24, 2.45) is 0 Å². The Kier molecular flexibility index (Phi) is 7.22. The number of nitrogens with one attached hydrogen (secondary N) is 2. The first-order valence-corrected chi connectivity index (χ1v) is 7.57. The van der Waals surface area contributed by atoms with Crippen molar-refractivity contribution in [3.63, 3.8) is 0 Å². The summed E-state index contributed by atoms with van der Waals surface area (Å²) >= 11 is 0. The Hall–Kier alpha value is -2.29. The standard InChI is InChI=1S/C16H21F3N2O4/c1-4-25-14(23)15(16(17,18)19,21-11(2)22)20-10-9-12-5-7-13(24-3)8-6-12/h5-8,20H,4,9-10H2,1-3H3,(H,21,22)/t15-/m0/s1. The van der Waals surface area contributed by atoms with Crippen LogP contribution in [0, 0.1) is 0 Å². The van der Waals surface area contributed by atoms with Crippen LogP contribution in [0.5, 0.6) is 5.75 Å². The lowest BCUT2D eigenvalue weighted by Crippen LogP contribution is -2.72. The molecule has 1 rings (SSSR count). The molecular weight excluding hydrogens is 341 g/mol. The van der Waals surface area contributed by atoms with Gasteiger partial charge in [0.05, 0.1) is 13.7 Å². The molecule has 0 aliphatic rings. The number of benzene rings is 1. The van der Waals surface area contributed by atoms with Crippen molar-refractivity contribution in [3.05, 3.63) is 29.8 Å². The monoisotopic (exact) mass is 362 g/mol. The van der Waals surface area contributed by atoms with Crippen LogP contribution in [0.3, 0.4) is 0 Å². The van der Waals surface area contributed by atoms with Crippen LogP contribution in [0.1, 0.15) is 19.4 Å². The number of carbonyl (C=O) groups excluding carboxylic acids is 2. The number of halogens is 3. The van der Waals surface area contributed by atoms with E-state index in [1.54, 1.807) is 29.6 Å². The molecule has 2 N–H and O–H groups in total. The van der Waals surface area contributed by atoms with Gasteiger partial charge in [0.25, 0.3) is 5.66 Å². The molecule has 0 aliphatic carbocycles. The van der Waals surface area contributed by atoms with Gasteiger partial charge in [-0.15, -0.1) is 0 Å². The zero-order valence-electron chi connectivity index (χ0n) is 14.2. The predicted octanol–water partition coefficient (Wildman–Crippen LogP) is 1.79. The van der Waals surface area contributed by atoms with E-state index in [9.17, 15) is 22.8 Å². The van der Waals surface area contributed by atoms with Gasteiger partial charge in [0.1, 0.15) is 5.75 Å². The third-order valence-corrected chi connectivity index (χ3v) is 3.33. The minimum atomic E-state index is -5.08. The molecular formula is C16H21F3N2O4. The molecule has 0 spiro atoms. The molecule has 0 bridgehead atoms. The third-order valence-electron chi connectivity index (χ3n) is 3.33. The number of rotatable bonds is 8. The van der Waals surface area contributed by atoms with E-state index in [1.165, 1.54) is 14.0 Å². The molecule has 6 nitrogen and oxygen atoms in total. The van der Waals surface area contributed by atoms with Crippen LogP contribution in [-0.4, -0.2) is 44.0 Å². The van der Waals surface area contributed by atoms with Gasteiger partial charge in [-0.05, 0) is 31.0 Å². The molecule has 1 aromatic carbocycles. The molecule has 0 heterocycles. The van der Waals surface area contributed by atoms with Crippen molar-refractivity contribution in [1.29, 1.82) is 0 Å². The number of ether oxygens (including phenoxy) is 2. The molecule has 0 fully saturated rings. The zero-order chi connectivity index (χ0) is 19.1. The van der Waals surface area contributed by atoms with E-state index >= 15 is 0 Å². The fourth-order valence-corrected chi connectivity index (χ4v) is 2.14. The Morgan fingerprint density at radius 3 is 2.20 bits per heavy atom. The highest BCUT2D eigenvalue weighted by Gasteiger charge is 2.62. The molecule has 0 unspecified atom stereocenters. The summed E-state index contributed by atoms with van der Waals surface area (Å²) < 4.78 is 50.1. The van der Waals surface area contributed by atoms with Crippen molar-refractivity contribution >= 4 is 11.9 Å². The molecule has 1 amide bonds. The van der Waals surface area contributed by atoms with Gasteiger partial charge in [0, 0.05) is 13.5 Å². The Labute approximate surface area is 143 Å². The van der Waals surface area contributed by atoms with Crippen LogP contribution in [0.4, 0.5) is 13.2 Å². The first-order chi connectivity index (χ1) is 11.7. The van der Waals surface area contributed by atoms with Crippen LogP contribution in [0.15, 0.2) is 24.3 Å². The van der Waals surface area contributed by atoms with E-state index in [0.717, 1.165) is 12.5 Å². The summed E-state index contributed by atoms with van der Waals surface area (Å²) in [5.74, 6) is -2.00. The molecule has 25 heavy (non-hydrogen) atoms. The highest BCUT2D eigenvalue weighted by Crippen LogP contribution is 2.30. The topological polar surface area (TPSA) is 76.7 Å². The number of esters is 1. The maximum absolute atomic E-state index is 13.5. The van der Waals surface area contributed by atoms with Gasteiger partial charge in [-0.2, -0.15) is 13.2 Å². The fraction of sp³-hybridized carbons (Fsp3) is 0.500. The summed E-state index contributed by atoms with van der Waals surface area (Å²) in [7, 11) is 1.50. The van der Waals surface area contributed by atoms with Crippen molar-refractivity contribution in [2.45, 2.75) is 32.1 Å². The Morgan fingerprint density at radius 1 is 1.16 bits per heavy atom. The maximum atomic E-state index is 13.5. The SMILES string of the molecule is CCOC(=O)[C@](NCCc1ccc(OC)cc1)(NC(C)=O)C(F)(F)F. The molecule has 1 aromatic rings. The normalized spacial score (nSPS) is 13.7. The Bertz CT molecular complexity index is 590. The van der Waals surface area contributed by atoms with Gasteiger partial charge in [-0.3, -0.25) is 10.1 Å². The summed E-state index contributed by atoms with van der Waals surface area (Å²) in [6.07, 6.45) is -4.88. The average molecular weight is 362 g/mol. The van der Waals surface area contributed by atoms with Crippen molar-refractivity contribution in [2.75, 3.05) is 20.3 Å². The highest BCUT2D eigenvalue weighted by atomic mass is 19.4. The van der Waals surface area contributed by atoms with Crippen LogP contribution in [-0.2, 0) is 20.7 Å². The second-order valence-electron chi connectivity index (χ2n) is 5.17. The van der Waals surface area contributed by atoms with Crippen LogP contribution >= 0.6 is 0 Å². The third kappa shape index (κ3) is 5.35. The summed E-state index contributed by atoms with van der Waals surface area (Å²) in [6, 6.07) is 6.73. The molecule has 0 aliphatic heterocycles. The summed E-state index contributed by atoms with van der Waals surface area (Å²) in [5.41, 5.74) is -2.56. The summed E-state index contributed by atoms with van der Waals surface area (Å²) in [5, 5.41) is 3.76. The predicted molar refractivity (Wildman–Crippen MR) is 83.9 cm³/mol. The van der Waals surface area contributed by atoms with Crippen LogP contribution in [0.25, 0.3) is 0 Å². The number of carbonyl (C=O) groups is 2. The zero-order valence-corrected chi connectivity index (χ0v) is 14.2. The van der Waals surface area contributed by atoms with E-state index in [1.807, 2.05) is 0 Å². The van der Waals surface area contributed by atoms with E-state index in [-0.39, 0.29) is 19.6 Å². The smallest absolute Gasteiger partial charge is 0.436 e. The lowest BCUT2D eigenvalue weighted by molar-refractivity contribution is -0.221. The largest absolute Gasteiger partial charge is 0.497 e. The highest BCUT2D eigenvalue weighted by molar-refractivity contribution is 5.87. The Balaban J connectivity index is 2.94. The first-order valence-electron chi connectivity index (χ1n) is 7.57. The maximum Gasteiger partial charge on any atom is 0.436 e. The minimum absolute atomic E-state index is 0.195. The second kappa shape index (κ2) is 8.70. The van der Waals surface area contributed by atoms with Crippen LogP contribution < -0.4 is 15.4 Å². The lowest BCUT2D eigenvalue weighted by Gasteiger charge is -2.34. The molecule has 1 atom stereocenters. The van der Waals surface area contributed by atoms with Gasteiger partial charge in [-0.25, -0.2) is 4.79 Å². The number of alkyl halides is 3. The van der Waals surface area contributed by atoms with Gasteiger partial charge in [0.2, 0.25) is 5.91 Å². The van der Waals surface area contributed by atoms with Gasteiger partial charge >= 0.3 is 12.1 Å². The molecule has 9 heteroatoms. The number of hydrogen-bond donors (Lipinski definition) is 2. The minimum Gasteiger partial charge on any atom is -0.497 e. The lowest BCUT2D eigenvalue weighted by atomic mass is 10.1. The fourth-order valence-electron chi connectivity index (χ4n) is 2.14. The number of methoxy groups -OCH3 is 1. The van der Waals surface area contributed by atoms with E-state index < -0.39 is 23.7 Å². The van der Waals surface area contributed by atoms with E-state index in [2.05, 4.69) is 10.1 Å². The van der Waals surface area contributed by atoms with Crippen molar-refractivity contribution < 1.29 is 32.2 Å². The molecule has 140 valence electrons. The molecule has 0 radical (unpaired) electrons. The quantitative estimate of drug-likeness (QED) is 0.545. The van der Waals surface area contributed by atoms with Gasteiger partial charge < -0.3 is 14.8 Å². The average Bonchev–Trinajstić information content (AvgIpc) is 2.53. The summed E-state index contributed by atoms with van der Waals surface area (Å²) in [6.45, 7) is 1.80. The second-order valence-corrected chi connectivity index (χ2v) is 5.17. The molecule has 0 saturated heterocycles. The summed E-state index contributed by atoms with van der Waals surface area (Å²) in [4.78, 5) is 23.2. The van der Waals surface area contributed by atoms with Crippen molar-refractivity contribution in [1.82, 2.24) is 10.6 Å². The van der Waals surface area contributed by atoms with E-state index in [4.69, 9.17) is 4.74 Å².